The Kier molecular flexibility index (Phi) is 10.9. The molecule has 0 unspecified atom stereocenters. The van der Waals surface area contributed by atoms with Crippen molar-refractivity contribution in [2.45, 2.75) is 19.0 Å². The van der Waals surface area contributed by atoms with E-state index < -0.39 is 24.0 Å². The Morgan fingerprint density at radius 1 is 0.811 bits per heavy atom. The van der Waals surface area contributed by atoms with Crippen molar-refractivity contribution in [2.24, 2.45) is 23.5 Å². The number of carboxylic acid groups (broad SMARTS) is 1. The number of aliphatic imine (C=N–C) groups is 1. The number of hydrogen-bond donors (Lipinski definition) is 7. The largest absolute Gasteiger partial charge is 0.490 e. The van der Waals surface area contributed by atoms with Crippen molar-refractivity contribution in [1.29, 1.82) is 0 Å². The zero-order valence-electron chi connectivity index (χ0n) is 27.9. The van der Waals surface area contributed by atoms with E-state index in [1.54, 1.807) is 17.8 Å². The summed E-state index contributed by atoms with van der Waals surface area (Å²) in [6.45, 7) is 0.707. The summed E-state index contributed by atoms with van der Waals surface area (Å²) in [5.74, 6) is -4.50. The first kappa shape index (κ1) is 37.3. The summed E-state index contributed by atoms with van der Waals surface area (Å²) in [5.41, 5.74) is 11.2. The van der Waals surface area contributed by atoms with Crippen molar-refractivity contribution in [3.8, 4) is 0 Å². The Morgan fingerprint density at radius 2 is 1.38 bits per heavy atom. The third-order valence-corrected chi connectivity index (χ3v) is 7.90. The molecule has 4 amide bonds. The zero-order chi connectivity index (χ0) is 38.4. The quantitative estimate of drug-likeness (QED) is 0.0468. The molecule has 0 atom stereocenters. The number of nitrogens with two attached hydrogens (primary N) is 2. The number of carboxylic acids is 1. The molecular formula is C35H32F3N9O6. The van der Waals surface area contributed by atoms with Gasteiger partial charge >= 0.3 is 12.1 Å². The maximum Gasteiger partial charge on any atom is 0.490 e. The molecule has 2 aromatic heterocycles. The highest BCUT2D eigenvalue weighted by Gasteiger charge is 2.38. The van der Waals surface area contributed by atoms with Gasteiger partial charge in [0.05, 0.1) is 0 Å². The van der Waals surface area contributed by atoms with E-state index in [-0.39, 0.29) is 40.8 Å². The van der Waals surface area contributed by atoms with E-state index in [0.717, 1.165) is 32.3 Å². The highest BCUT2D eigenvalue weighted by atomic mass is 19.4. The van der Waals surface area contributed by atoms with Gasteiger partial charge < -0.3 is 42.1 Å². The van der Waals surface area contributed by atoms with Crippen molar-refractivity contribution in [1.82, 2.24) is 25.2 Å². The smallest absolute Gasteiger partial charge is 0.475 e. The molecule has 6 aromatic rings. The second kappa shape index (κ2) is 15.5. The molecule has 15 nitrogen and oxygen atoms in total. The summed E-state index contributed by atoms with van der Waals surface area (Å²) >= 11 is 0. The number of imidazole rings is 1. The Bertz CT molecular complexity index is 2360. The van der Waals surface area contributed by atoms with Gasteiger partial charge in [0.2, 0.25) is 5.82 Å². The van der Waals surface area contributed by atoms with Crippen LogP contribution in [-0.4, -0.2) is 74.5 Å². The number of halogens is 3. The first-order valence-corrected chi connectivity index (χ1v) is 15.8. The topological polar surface area (TPSA) is 240 Å². The fourth-order valence-corrected chi connectivity index (χ4v) is 5.51. The molecule has 0 aliphatic rings. The number of aryl methyl sites for hydroxylation is 1. The molecule has 0 radical (unpaired) electrons. The van der Waals surface area contributed by atoms with Gasteiger partial charge in [-0.3, -0.25) is 19.2 Å². The summed E-state index contributed by atoms with van der Waals surface area (Å²) in [6.07, 6.45) is -2.31. The maximum absolute atomic E-state index is 13.4. The van der Waals surface area contributed by atoms with Crippen LogP contribution < -0.4 is 27.4 Å². The van der Waals surface area contributed by atoms with Gasteiger partial charge in [-0.1, -0.05) is 48.5 Å². The van der Waals surface area contributed by atoms with Crippen molar-refractivity contribution >= 4 is 73.7 Å². The second-order valence-electron chi connectivity index (χ2n) is 11.6. The number of carbonyl (C=O) groups is 5. The van der Waals surface area contributed by atoms with Crippen LogP contribution in [0.1, 0.15) is 54.8 Å². The fraction of sp³-hybridized carbons (Fsp3) is 0.171. The van der Waals surface area contributed by atoms with Gasteiger partial charge in [-0.15, -0.1) is 0 Å². The van der Waals surface area contributed by atoms with Crippen LogP contribution in [-0.2, 0) is 11.8 Å². The number of unbranched alkanes of at least 4 members (excludes halogenated alkanes) is 1. The zero-order valence-corrected chi connectivity index (χ0v) is 27.9. The van der Waals surface area contributed by atoms with Gasteiger partial charge in [0.1, 0.15) is 11.4 Å². The predicted molar refractivity (Wildman–Crippen MR) is 190 cm³/mol. The van der Waals surface area contributed by atoms with Gasteiger partial charge in [0.25, 0.3) is 23.6 Å². The normalized spacial score (nSPS) is 11.2. The van der Waals surface area contributed by atoms with Crippen LogP contribution in [0.2, 0.25) is 0 Å². The number of hydrogen-bond acceptors (Lipinski definition) is 6. The van der Waals surface area contributed by atoms with Crippen LogP contribution in [0.5, 0.6) is 0 Å². The van der Waals surface area contributed by atoms with Gasteiger partial charge in [-0.2, -0.15) is 18.2 Å². The second-order valence-corrected chi connectivity index (χ2v) is 11.6. The maximum atomic E-state index is 13.4. The summed E-state index contributed by atoms with van der Waals surface area (Å²) in [4.78, 5) is 69.7. The molecule has 2 heterocycles. The Labute approximate surface area is 297 Å². The molecule has 0 aliphatic carbocycles. The lowest BCUT2D eigenvalue weighted by Gasteiger charge is -2.13. The molecule has 0 fully saturated rings. The lowest BCUT2D eigenvalue weighted by molar-refractivity contribution is -0.192. The molecule has 6 rings (SSSR count). The molecule has 0 saturated heterocycles. The molecule has 274 valence electrons. The number of aliphatic carboxylic acids is 1. The summed E-state index contributed by atoms with van der Waals surface area (Å²) < 4.78 is 33.3. The summed E-state index contributed by atoms with van der Waals surface area (Å²) in [5, 5.41) is 21.8. The highest BCUT2D eigenvalue weighted by molar-refractivity contribution is 6.27. The molecule has 0 spiro atoms. The van der Waals surface area contributed by atoms with E-state index in [2.05, 4.69) is 55.2 Å². The van der Waals surface area contributed by atoms with E-state index >= 15 is 0 Å². The van der Waals surface area contributed by atoms with Crippen LogP contribution in [0.25, 0.3) is 32.3 Å². The van der Waals surface area contributed by atoms with Crippen LogP contribution in [0.15, 0.2) is 77.9 Å². The fourth-order valence-electron chi connectivity index (χ4n) is 5.51. The number of anilines is 1. The Hall–Kier alpha value is -6.98. The minimum Gasteiger partial charge on any atom is -0.475 e. The number of guanidine groups is 1. The van der Waals surface area contributed by atoms with E-state index in [4.69, 9.17) is 21.4 Å². The average Bonchev–Trinajstić information content (AvgIpc) is 3.75. The number of nitrogens with zero attached hydrogens (tertiary/aromatic N) is 3. The van der Waals surface area contributed by atoms with Crippen LogP contribution in [0.3, 0.4) is 0 Å². The molecule has 0 aliphatic heterocycles. The molecule has 53 heavy (non-hydrogen) atoms. The number of amides is 4. The molecular weight excluding hydrogens is 699 g/mol. The van der Waals surface area contributed by atoms with Gasteiger partial charge in [-0.25, -0.2) is 9.78 Å². The van der Waals surface area contributed by atoms with Crippen molar-refractivity contribution in [3.63, 3.8) is 0 Å². The van der Waals surface area contributed by atoms with E-state index in [1.165, 1.54) is 12.1 Å². The lowest BCUT2D eigenvalue weighted by Crippen LogP contribution is -2.29. The SMILES string of the molecule is Cn1cc(NC(=O)c2ccc3ccc4cccc5ccc2c3c45)nc1C(=O)NCCCCNC(=O)c1ccc(C(=O)N=C(N)N)[nH]1.O=C(O)C(F)(F)F. The first-order valence-electron chi connectivity index (χ1n) is 15.8. The van der Waals surface area contributed by atoms with Crippen molar-refractivity contribution in [2.75, 3.05) is 18.4 Å². The summed E-state index contributed by atoms with van der Waals surface area (Å²) in [6, 6.07) is 20.9. The standard InChI is InChI=1S/C33H31N9O4.C2HF3O2/c1-42-17-25(40-29(43)22-12-10-20-8-7-18-5-4-6-19-9-11-21(22)27(20)26(18)19)39-28(42)32(46)37-16-3-2-15-36-30(44)23-13-14-24(38-23)31(45)41-33(34)35;3-2(4,5)1(6)7/h4-14,17,38H,2-3,15-16H2,1H3,(H,36,44)(H,37,46)(H,40,43)(H4,34,35,41,45);(H,6,7). The minimum atomic E-state index is -5.08. The van der Waals surface area contributed by atoms with Crippen molar-refractivity contribution < 1.29 is 42.3 Å². The summed E-state index contributed by atoms with van der Waals surface area (Å²) in [7, 11) is 1.68. The number of aromatic amines is 1. The molecule has 4 aromatic carbocycles. The third-order valence-electron chi connectivity index (χ3n) is 7.90. The monoisotopic (exact) mass is 731 g/mol. The molecule has 0 saturated carbocycles. The first-order chi connectivity index (χ1) is 25.1. The molecule has 0 bridgehead atoms. The Morgan fingerprint density at radius 3 is 2.00 bits per heavy atom. The number of aromatic nitrogens is 3. The molecule has 18 heteroatoms. The average molecular weight is 732 g/mol. The van der Waals surface area contributed by atoms with Crippen LogP contribution >= 0.6 is 0 Å². The molecule has 9 N–H and O–H groups in total. The van der Waals surface area contributed by atoms with Crippen LogP contribution in [0, 0.1) is 0 Å². The Balaban J connectivity index is 0.000000705. The van der Waals surface area contributed by atoms with Gasteiger partial charge in [-0.05, 0) is 63.4 Å². The minimum absolute atomic E-state index is 0.0886. The van der Waals surface area contributed by atoms with Gasteiger partial charge in [0, 0.05) is 31.9 Å². The number of rotatable bonds is 10. The predicted octanol–water partition coefficient (Wildman–Crippen LogP) is 3.88. The van der Waals surface area contributed by atoms with Crippen LogP contribution in [0.4, 0.5) is 19.0 Å². The number of benzene rings is 4. The lowest BCUT2D eigenvalue weighted by atomic mass is 9.92. The van der Waals surface area contributed by atoms with E-state index in [0.29, 0.717) is 31.5 Å². The van der Waals surface area contributed by atoms with Gasteiger partial charge in [0.15, 0.2) is 11.8 Å². The number of carbonyl (C=O) groups excluding carboxylic acids is 4. The third kappa shape index (κ3) is 8.67. The van der Waals surface area contributed by atoms with E-state index in [1.807, 2.05) is 30.3 Å². The highest BCUT2D eigenvalue weighted by Crippen LogP contribution is 2.36. The number of nitrogens with one attached hydrogen (secondary N) is 4. The van der Waals surface area contributed by atoms with E-state index in [9.17, 15) is 32.3 Å². The number of alkyl halides is 3. The number of H-pyrrole nitrogens is 1. The van der Waals surface area contributed by atoms with Crippen molar-refractivity contribution in [3.05, 3.63) is 95.7 Å².